The van der Waals surface area contributed by atoms with E-state index in [1.54, 1.807) is 12.1 Å². The highest BCUT2D eigenvalue weighted by Gasteiger charge is 2.24. The fourth-order valence-electron chi connectivity index (χ4n) is 3.07. The Morgan fingerprint density at radius 3 is 2.56 bits per heavy atom. The van der Waals surface area contributed by atoms with Gasteiger partial charge in [0.15, 0.2) is 0 Å². The van der Waals surface area contributed by atoms with Gasteiger partial charge in [0.05, 0.1) is 0 Å². The number of benzene rings is 2. The van der Waals surface area contributed by atoms with Crippen LogP contribution in [0.2, 0.25) is 0 Å². The first-order chi connectivity index (χ1) is 12.8. The molecule has 0 aromatic heterocycles. The summed E-state index contributed by atoms with van der Waals surface area (Å²) in [5.41, 5.74) is 4.45. The molecule has 1 heterocycles. The lowest BCUT2D eigenvalue weighted by molar-refractivity contribution is 0.158. The fourth-order valence-corrected chi connectivity index (χ4v) is 3.07. The van der Waals surface area contributed by atoms with E-state index >= 15 is 0 Å². The minimum atomic E-state index is -0.320. The Bertz CT molecular complexity index is 854. The van der Waals surface area contributed by atoms with E-state index in [0.717, 1.165) is 29.9 Å². The number of hydrogen-bond donors (Lipinski definition) is 1. The lowest BCUT2D eigenvalue weighted by Gasteiger charge is -2.29. The first-order valence-corrected chi connectivity index (χ1v) is 9.42. The van der Waals surface area contributed by atoms with Crippen LogP contribution in [0.4, 0.5) is 0 Å². The molecular weight excluding hydrogens is 336 g/mol. The smallest absolute Gasteiger partial charge is 0.131 e. The minimum Gasteiger partial charge on any atom is -0.508 e. The van der Waals surface area contributed by atoms with Gasteiger partial charge in [-0.05, 0) is 82.0 Å². The van der Waals surface area contributed by atoms with Gasteiger partial charge in [0.1, 0.15) is 29.5 Å². The van der Waals surface area contributed by atoms with Crippen LogP contribution in [0, 0.1) is 0 Å². The molecule has 0 saturated heterocycles. The Morgan fingerprint density at radius 1 is 1.11 bits per heavy atom. The van der Waals surface area contributed by atoms with Crippen molar-refractivity contribution < 1.29 is 14.6 Å². The first kappa shape index (κ1) is 19.1. The maximum absolute atomic E-state index is 9.46. The van der Waals surface area contributed by atoms with Gasteiger partial charge in [0.25, 0.3) is 0 Å². The molecule has 0 spiro atoms. The maximum Gasteiger partial charge on any atom is 0.131 e. The van der Waals surface area contributed by atoms with Crippen LogP contribution in [0.1, 0.15) is 44.4 Å². The minimum absolute atomic E-state index is 0.296. The van der Waals surface area contributed by atoms with Gasteiger partial charge in [-0.15, -0.1) is 0 Å². The largest absolute Gasteiger partial charge is 0.508 e. The zero-order valence-electron chi connectivity index (χ0n) is 16.6. The van der Waals surface area contributed by atoms with Crippen LogP contribution < -0.4 is 9.47 Å². The molecule has 0 saturated carbocycles. The van der Waals surface area contributed by atoms with Crippen molar-refractivity contribution in [3.05, 3.63) is 70.8 Å². The summed E-state index contributed by atoms with van der Waals surface area (Å²) in [5.74, 6) is 2.00. The van der Waals surface area contributed by atoms with Gasteiger partial charge in [-0.3, -0.25) is 0 Å². The Morgan fingerprint density at radius 2 is 1.85 bits per heavy atom. The molecule has 0 aliphatic carbocycles. The van der Waals surface area contributed by atoms with Crippen molar-refractivity contribution in [3.63, 3.8) is 0 Å². The Balaban J connectivity index is 1.85. The van der Waals surface area contributed by atoms with E-state index in [0.29, 0.717) is 12.4 Å². The second-order valence-electron chi connectivity index (χ2n) is 7.79. The summed E-state index contributed by atoms with van der Waals surface area (Å²) in [4.78, 5) is 0. The molecule has 3 nitrogen and oxygen atoms in total. The van der Waals surface area contributed by atoms with Gasteiger partial charge >= 0.3 is 0 Å². The quantitative estimate of drug-likeness (QED) is 0.668. The second kappa shape index (κ2) is 7.91. The summed E-state index contributed by atoms with van der Waals surface area (Å²) in [7, 11) is 0. The average Bonchev–Trinajstić information content (AvgIpc) is 2.59. The molecule has 0 radical (unpaired) electrons. The van der Waals surface area contributed by atoms with Gasteiger partial charge in [-0.25, -0.2) is 0 Å². The molecule has 1 aliphatic rings. The lowest BCUT2D eigenvalue weighted by Crippen LogP contribution is -2.27. The van der Waals surface area contributed by atoms with Gasteiger partial charge in [0.2, 0.25) is 0 Å². The molecule has 142 valence electrons. The van der Waals surface area contributed by atoms with Crippen LogP contribution in [-0.2, 0) is 12.8 Å². The third-order valence-corrected chi connectivity index (χ3v) is 4.59. The van der Waals surface area contributed by atoms with Crippen LogP contribution in [0.3, 0.4) is 0 Å². The average molecular weight is 364 g/mol. The standard InChI is InChI=1S/C24H28O3/c1-17(2)12-14-26-21-15-19(8-5-18-6-9-20(25)10-7-18)22-11-13-24(3,4)27-23(22)16-21/h6-7,9-13,15-16,25H,5,8,14H2,1-4H3. The molecule has 2 aromatic rings. The Hall–Kier alpha value is -2.68. The number of aromatic hydroxyl groups is 1. The van der Waals surface area contributed by atoms with E-state index in [2.05, 4.69) is 52.0 Å². The van der Waals surface area contributed by atoms with E-state index in [9.17, 15) is 5.11 Å². The monoisotopic (exact) mass is 364 g/mol. The molecular formula is C24H28O3. The van der Waals surface area contributed by atoms with E-state index < -0.39 is 0 Å². The van der Waals surface area contributed by atoms with Crippen LogP contribution in [0.25, 0.3) is 6.08 Å². The maximum atomic E-state index is 9.46. The Kier molecular flexibility index (Phi) is 5.59. The number of phenolic OH excluding ortho intramolecular Hbond substituents is 1. The van der Waals surface area contributed by atoms with E-state index in [1.165, 1.54) is 16.7 Å². The number of rotatable bonds is 6. The van der Waals surface area contributed by atoms with Gasteiger partial charge in [-0.2, -0.15) is 0 Å². The summed E-state index contributed by atoms with van der Waals surface area (Å²) < 4.78 is 12.1. The molecule has 3 heteroatoms. The zero-order valence-corrected chi connectivity index (χ0v) is 16.6. The Labute approximate surface area is 162 Å². The van der Waals surface area contributed by atoms with Crippen LogP contribution in [0.15, 0.2) is 54.1 Å². The zero-order chi connectivity index (χ0) is 19.4. The number of hydrogen-bond acceptors (Lipinski definition) is 3. The van der Waals surface area contributed by atoms with Crippen LogP contribution in [-0.4, -0.2) is 17.3 Å². The highest BCUT2D eigenvalue weighted by molar-refractivity contribution is 5.66. The normalized spacial score (nSPS) is 14.2. The molecule has 1 aliphatic heterocycles. The van der Waals surface area contributed by atoms with Gasteiger partial charge in [-0.1, -0.05) is 23.8 Å². The number of allylic oxidation sites excluding steroid dienone is 1. The van der Waals surface area contributed by atoms with Crippen LogP contribution >= 0.6 is 0 Å². The lowest BCUT2D eigenvalue weighted by atomic mass is 9.94. The topological polar surface area (TPSA) is 38.7 Å². The van der Waals surface area contributed by atoms with Gasteiger partial charge < -0.3 is 14.6 Å². The van der Waals surface area contributed by atoms with E-state index in [4.69, 9.17) is 9.47 Å². The predicted octanol–water partition coefficient (Wildman–Crippen LogP) is 5.71. The third kappa shape index (κ3) is 5.16. The fraction of sp³-hybridized carbons (Fsp3) is 0.333. The molecule has 0 fully saturated rings. The van der Waals surface area contributed by atoms with E-state index in [-0.39, 0.29) is 5.60 Å². The summed E-state index contributed by atoms with van der Waals surface area (Å²) in [6.45, 7) is 8.79. The molecule has 27 heavy (non-hydrogen) atoms. The second-order valence-corrected chi connectivity index (χ2v) is 7.79. The molecule has 0 amide bonds. The SMILES string of the molecule is CC(C)=CCOc1cc(CCc2ccc(O)cc2)c2c(c1)OC(C)(C)C=C2. The summed E-state index contributed by atoms with van der Waals surface area (Å²) in [5, 5.41) is 9.46. The highest BCUT2D eigenvalue weighted by atomic mass is 16.5. The number of phenols is 1. The number of ether oxygens (including phenoxy) is 2. The summed E-state index contributed by atoms with van der Waals surface area (Å²) >= 11 is 0. The van der Waals surface area contributed by atoms with Gasteiger partial charge in [0, 0.05) is 11.6 Å². The molecule has 1 N–H and O–H groups in total. The van der Waals surface area contributed by atoms with Crippen molar-refractivity contribution in [2.45, 2.75) is 46.1 Å². The molecule has 0 bridgehead atoms. The molecule has 3 rings (SSSR count). The predicted molar refractivity (Wildman–Crippen MR) is 111 cm³/mol. The van der Waals surface area contributed by atoms with Crippen molar-refractivity contribution in [2.75, 3.05) is 6.61 Å². The summed E-state index contributed by atoms with van der Waals surface area (Å²) in [6, 6.07) is 11.5. The van der Waals surface area contributed by atoms with Crippen molar-refractivity contribution in [1.29, 1.82) is 0 Å². The molecule has 0 unspecified atom stereocenters. The van der Waals surface area contributed by atoms with Crippen molar-refractivity contribution in [1.82, 2.24) is 0 Å². The highest BCUT2D eigenvalue weighted by Crippen LogP contribution is 2.37. The third-order valence-electron chi connectivity index (χ3n) is 4.59. The van der Waals surface area contributed by atoms with Crippen molar-refractivity contribution in [3.8, 4) is 17.2 Å². The number of aryl methyl sites for hydroxylation is 2. The number of fused-ring (bicyclic) bond motifs is 1. The van der Waals surface area contributed by atoms with Crippen molar-refractivity contribution in [2.24, 2.45) is 0 Å². The van der Waals surface area contributed by atoms with Crippen LogP contribution in [0.5, 0.6) is 17.2 Å². The molecule has 0 atom stereocenters. The summed E-state index contributed by atoms with van der Waals surface area (Å²) in [6.07, 6.45) is 8.09. The first-order valence-electron chi connectivity index (χ1n) is 9.42. The van der Waals surface area contributed by atoms with E-state index in [1.807, 2.05) is 18.2 Å². The molecule has 2 aromatic carbocycles. The van der Waals surface area contributed by atoms with Crippen molar-refractivity contribution >= 4 is 6.08 Å².